The first kappa shape index (κ1) is 14.0. The maximum Gasteiger partial charge on any atom is 0.224 e. The first-order valence-corrected chi connectivity index (χ1v) is 8.02. The maximum atomic E-state index is 12.1. The first-order valence-electron chi connectivity index (χ1n) is 6.35. The van der Waals surface area contributed by atoms with E-state index >= 15 is 0 Å². The predicted molar refractivity (Wildman–Crippen MR) is 78.8 cm³/mol. The molecule has 0 bridgehead atoms. The van der Waals surface area contributed by atoms with Gasteiger partial charge in [-0.15, -0.1) is 11.3 Å². The number of carbonyl (C=O) groups excluding carboxylic acids is 1. The fraction of sp³-hybridized carbons (Fsp3) is 0.615. The van der Waals surface area contributed by atoms with Crippen molar-refractivity contribution in [2.45, 2.75) is 38.3 Å². The van der Waals surface area contributed by atoms with Gasteiger partial charge >= 0.3 is 0 Å². The van der Waals surface area contributed by atoms with E-state index in [1.807, 2.05) is 11.9 Å². The van der Waals surface area contributed by atoms with Crippen LogP contribution >= 0.6 is 27.3 Å². The monoisotopic (exact) mass is 330 g/mol. The molecule has 1 saturated heterocycles. The number of nitrogens with one attached hydrogen (secondary N) is 1. The van der Waals surface area contributed by atoms with E-state index in [0.29, 0.717) is 19.0 Å². The first-order chi connectivity index (χ1) is 8.65. The summed E-state index contributed by atoms with van der Waals surface area (Å²) in [5, 5.41) is 5.47. The Morgan fingerprint density at radius 1 is 1.61 bits per heavy atom. The zero-order chi connectivity index (χ0) is 13.0. The maximum absolute atomic E-state index is 12.1. The molecular formula is C13H19BrN2OS. The number of halogens is 1. The van der Waals surface area contributed by atoms with Gasteiger partial charge in [0.1, 0.15) is 0 Å². The van der Waals surface area contributed by atoms with Gasteiger partial charge in [-0.3, -0.25) is 4.79 Å². The summed E-state index contributed by atoms with van der Waals surface area (Å²) in [5.74, 6) is 0.235. The van der Waals surface area contributed by atoms with E-state index in [4.69, 9.17) is 0 Å². The normalized spacial score (nSPS) is 19.8. The molecule has 1 atom stereocenters. The molecule has 1 fully saturated rings. The Bertz CT molecular complexity index is 401. The van der Waals surface area contributed by atoms with Crippen molar-refractivity contribution in [1.29, 1.82) is 0 Å². The largest absolute Gasteiger partial charge is 0.341 e. The summed E-state index contributed by atoms with van der Waals surface area (Å²) in [7, 11) is 1.89. The Labute approximate surface area is 121 Å². The van der Waals surface area contributed by atoms with Crippen molar-refractivity contribution in [3.8, 4) is 0 Å². The van der Waals surface area contributed by atoms with Crippen molar-refractivity contribution in [1.82, 2.24) is 10.2 Å². The van der Waals surface area contributed by atoms with E-state index in [0.717, 1.165) is 17.4 Å². The number of nitrogens with zero attached hydrogens (tertiary/aromatic N) is 1. The highest BCUT2D eigenvalue weighted by Gasteiger charge is 2.19. The molecule has 1 N–H and O–H groups in total. The van der Waals surface area contributed by atoms with Crippen molar-refractivity contribution in [3.63, 3.8) is 0 Å². The lowest BCUT2D eigenvalue weighted by Crippen LogP contribution is -2.39. The van der Waals surface area contributed by atoms with Crippen LogP contribution in [0.25, 0.3) is 0 Å². The van der Waals surface area contributed by atoms with Crippen molar-refractivity contribution in [3.05, 3.63) is 20.8 Å². The van der Waals surface area contributed by atoms with Crippen LogP contribution in [0.15, 0.2) is 15.9 Å². The number of hydrogen-bond acceptors (Lipinski definition) is 3. The van der Waals surface area contributed by atoms with E-state index in [1.165, 1.54) is 17.7 Å². The highest BCUT2D eigenvalue weighted by Crippen LogP contribution is 2.21. The van der Waals surface area contributed by atoms with Crippen molar-refractivity contribution in [2.75, 3.05) is 13.6 Å². The standard InChI is InChI=1S/C13H19BrN2OS/c1-16(8-12-6-10(14)9-18-12)13(17)7-11-4-2-3-5-15-11/h6,9,11,15H,2-5,7-8H2,1H3. The molecule has 1 amide bonds. The van der Waals surface area contributed by atoms with Gasteiger partial charge in [0.05, 0.1) is 6.54 Å². The Hall–Kier alpha value is -0.390. The van der Waals surface area contributed by atoms with Crippen LogP contribution in [0.2, 0.25) is 0 Å². The predicted octanol–water partition coefficient (Wildman–Crippen LogP) is 3.00. The van der Waals surface area contributed by atoms with Crippen molar-refractivity contribution >= 4 is 33.2 Å². The van der Waals surface area contributed by atoms with E-state index in [-0.39, 0.29) is 5.91 Å². The van der Waals surface area contributed by atoms with E-state index in [2.05, 4.69) is 32.7 Å². The van der Waals surface area contributed by atoms with Crippen LogP contribution in [0.1, 0.15) is 30.6 Å². The van der Waals surface area contributed by atoms with E-state index in [1.54, 1.807) is 11.3 Å². The highest BCUT2D eigenvalue weighted by molar-refractivity contribution is 9.10. The Morgan fingerprint density at radius 2 is 2.44 bits per heavy atom. The van der Waals surface area contributed by atoms with Crippen LogP contribution in [-0.2, 0) is 11.3 Å². The minimum Gasteiger partial charge on any atom is -0.341 e. The van der Waals surface area contributed by atoms with Gasteiger partial charge in [-0.25, -0.2) is 0 Å². The summed E-state index contributed by atoms with van der Waals surface area (Å²) in [6.45, 7) is 1.77. The van der Waals surface area contributed by atoms with Crippen LogP contribution in [-0.4, -0.2) is 30.4 Å². The molecule has 1 unspecified atom stereocenters. The number of hydrogen-bond donors (Lipinski definition) is 1. The molecule has 5 heteroatoms. The fourth-order valence-corrected chi connectivity index (χ4v) is 3.73. The van der Waals surface area contributed by atoms with Crippen LogP contribution in [0.5, 0.6) is 0 Å². The topological polar surface area (TPSA) is 32.3 Å². The molecule has 0 aromatic carbocycles. The average Bonchev–Trinajstić information content (AvgIpc) is 2.76. The molecule has 18 heavy (non-hydrogen) atoms. The molecule has 2 heterocycles. The number of thiophene rings is 1. The Balaban J connectivity index is 1.80. The second-order valence-electron chi connectivity index (χ2n) is 4.83. The lowest BCUT2D eigenvalue weighted by molar-refractivity contribution is -0.131. The smallest absolute Gasteiger partial charge is 0.224 e. The quantitative estimate of drug-likeness (QED) is 0.920. The second-order valence-corrected chi connectivity index (χ2v) is 6.74. The molecule has 1 aromatic heterocycles. The summed E-state index contributed by atoms with van der Waals surface area (Å²) in [4.78, 5) is 15.1. The second kappa shape index (κ2) is 6.68. The Kier molecular flexibility index (Phi) is 5.21. The zero-order valence-corrected chi connectivity index (χ0v) is 13.0. The third kappa shape index (κ3) is 4.07. The molecule has 2 rings (SSSR count). The van der Waals surface area contributed by atoms with E-state index < -0.39 is 0 Å². The highest BCUT2D eigenvalue weighted by atomic mass is 79.9. The van der Waals surface area contributed by atoms with Crippen molar-refractivity contribution < 1.29 is 4.79 Å². The number of amides is 1. The van der Waals surface area contributed by atoms with Gasteiger partial charge in [-0.05, 0) is 41.4 Å². The van der Waals surface area contributed by atoms with Crippen LogP contribution in [0.3, 0.4) is 0 Å². The SMILES string of the molecule is CN(Cc1cc(Br)cs1)C(=O)CC1CCCCN1. The van der Waals surface area contributed by atoms with E-state index in [9.17, 15) is 4.79 Å². The third-order valence-corrected chi connectivity index (χ3v) is 4.96. The minimum absolute atomic E-state index is 0.235. The van der Waals surface area contributed by atoms with Gasteiger partial charge in [0, 0.05) is 34.2 Å². The zero-order valence-electron chi connectivity index (χ0n) is 10.6. The van der Waals surface area contributed by atoms with Gasteiger partial charge < -0.3 is 10.2 Å². The minimum atomic E-state index is 0.235. The Morgan fingerprint density at radius 3 is 3.06 bits per heavy atom. The summed E-state index contributed by atoms with van der Waals surface area (Å²) >= 11 is 5.12. The molecule has 0 spiro atoms. The van der Waals surface area contributed by atoms with Crippen molar-refractivity contribution in [2.24, 2.45) is 0 Å². The number of piperidine rings is 1. The number of rotatable bonds is 4. The lowest BCUT2D eigenvalue weighted by atomic mass is 10.0. The van der Waals surface area contributed by atoms with Crippen LogP contribution in [0.4, 0.5) is 0 Å². The fourth-order valence-electron chi connectivity index (χ4n) is 2.22. The van der Waals surface area contributed by atoms with Crippen LogP contribution in [0, 0.1) is 0 Å². The molecule has 100 valence electrons. The van der Waals surface area contributed by atoms with Crippen LogP contribution < -0.4 is 5.32 Å². The molecule has 1 aromatic rings. The van der Waals surface area contributed by atoms with Gasteiger partial charge in [-0.1, -0.05) is 6.42 Å². The lowest BCUT2D eigenvalue weighted by Gasteiger charge is -2.25. The molecule has 1 aliphatic rings. The number of carbonyl (C=O) groups is 1. The van der Waals surface area contributed by atoms with Gasteiger partial charge in [0.15, 0.2) is 0 Å². The molecule has 0 radical (unpaired) electrons. The molecule has 0 aliphatic carbocycles. The van der Waals surface area contributed by atoms with Gasteiger partial charge in [0.25, 0.3) is 0 Å². The molecule has 3 nitrogen and oxygen atoms in total. The summed E-state index contributed by atoms with van der Waals surface area (Å²) in [6, 6.07) is 2.46. The third-order valence-electron chi connectivity index (χ3n) is 3.27. The summed E-state index contributed by atoms with van der Waals surface area (Å²) in [5.41, 5.74) is 0. The summed E-state index contributed by atoms with van der Waals surface area (Å²) in [6.07, 6.45) is 4.24. The van der Waals surface area contributed by atoms with Gasteiger partial charge in [0.2, 0.25) is 5.91 Å². The van der Waals surface area contributed by atoms with Gasteiger partial charge in [-0.2, -0.15) is 0 Å². The average molecular weight is 331 g/mol. The summed E-state index contributed by atoms with van der Waals surface area (Å²) < 4.78 is 1.09. The molecule has 1 aliphatic heterocycles. The molecular weight excluding hydrogens is 312 g/mol. The molecule has 0 saturated carbocycles.